The monoisotopic (exact) mass is 295 g/mol. The number of aromatic nitrogens is 2. The number of rotatable bonds is 2. The molecule has 0 aliphatic heterocycles. The number of hydrogen-bond donors (Lipinski definition) is 3. The molecule has 1 aromatic carbocycles. The topological polar surface area (TPSA) is 119 Å². The molecule has 0 aliphatic carbocycles. The second-order valence-corrected chi connectivity index (χ2v) is 4.98. The summed E-state index contributed by atoms with van der Waals surface area (Å²) >= 11 is 3.67. The molecule has 3 N–H and O–H groups in total. The van der Waals surface area contributed by atoms with E-state index in [0.29, 0.717) is 5.75 Å². The highest BCUT2D eigenvalue weighted by molar-refractivity contribution is 7.89. The molecule has 10 heteroatoms. The minimum atomic E-state index is -3.95. The predicted octanol–water partition coefficient (Wildman–Crippen LogP) is -0.0822. The SMILES string of the molecule is NS(=O)(=O)c1ccc(F)c2nonc12.OCCS. The van der Waals surface area contributed by atoms with Crippen LogP contribution in [0.15, 0.2) is 21.7 Å². The van der Waals surface area contributed by atoms with Crippen LogP contribution in [0.2, 0.25) is 0 Å². The maximum absolute atomic E-state index is 13.0. The Morgan fingerprint density at radius 3 is 2.44 bits per heavy atom. The highest BCUT2D eigenvalue weighted by Gasteiger charge is 2.18. The van der Waals surface area contributed by atoms with Crippen molar-refractivity contribution in [1.82, 2.24) is 10.3 Å². The first-order valence-electron chi connectivity index (χ1n) is 4.57. The molecular weight excluding hydrogens is 285 g/mol. The Morgan fingerprint density at radius 2 is 1.94 bits per heavy atom. The van der Waals surface area contributed by atoms with E-state index in [1.807, 2.05) is 0 Å². The molecule has 0 fully saturated rings. The largest absolute Gasteiger partial charge is 0.396 e. The summed E-state index contributed by atoms with van der Waals surface area (Å²) in [6.07, 6.45) is 0. The van der Waals surface area contributed by atoms with Crippen LogP contribution in [0.4, 0.5) is 4.39 Å². The molecule has 100 valence electrons. The second-order valence-electron chi connectivity index (χ2n) is 3.00. The zero-order valence-corrected chi connectivity index (χ0v) is 10.7. The molecule has 1 heterocycles. The van der Waals surface area contributed by atoms with Crippen molar-refractivity contribution in [2.75, 3.05) is 12.4 Å². The lowest BCUT2D eigenvalue weighted by molar-refractivity contribution is 0.314. The minimum Gasteiger partial charge on any atom is -0.396 e. The van der Waals surface area contributed by atoms with Gasteiger partial charge in [-0.2, -0.15) is 12.6 Å². The summed E-state index contributed by atoms with van der Waals surface area (Å²) in [7, 11) is -3.95. The van der Waals surface area contributed by atoms with Crippen LogP contribution in [0.1, 0.15) is 0 Å². The van der Waals surface area contributed by atoms with Gasteiger partial charge in [0.1, 0.15) is 4.90 Å². The van der Waals surface area contributed by atoms with Crippen LogP contribution >= 0.6 is 12.6 Å². The molecule has 2 aromatic rings. The molecule has 2 rings (SSSR count). The van der Waals surface area contributed by atoms with E-state index >= 15 is 0 Å². The summed E-state index contributed by atoms with van der Waals surface area (Å²) < 4.78 is 39.2. The van der Waals surface area contributed by atoms with Crippen molar-refractivity contribution in [3.8, 4) is 0 Å². The smallest absolute Gasteiger partial charge is 0.240 e. The Balaban J connectivity index is 0.000000357. The van der Waals surface area contributed by atoms with Gasteiger partial charge in [-0.25, -0.2) is 22.6 Å². The first-order chi connectivity index (χ1) is 8.41. The molecule has 0 saturated heterocycles. The number of aliphatic hydroxyl groups is 1. The minimum absolute atomic E-state index is 0.184. The lowest BCUT2D eigenvalue weighted by atomic mass is 10.3. The lowest BCUT2D eigenvalue weighted by Crippen LogP contribution is -2.12. The molecule has 0 amide bonds. The number of hydrogen-bond acceptors (Lipinski definition) is 7. The number of nitrogens with two attached hydrogens (primary N) is 1. The molecule has 0 saturated carbocycles. The van der Waals surface area contributed by atoms with Gasteiger partial charge in [-0.3, -0.25) is 0 Å². The number of thiol groups is 1. The van der Waals surface area contributed by atoms with Gasteiger partial charge in [0.05, 0.1) is 6.61 Å². The standard InChI is InChI=1S/C6H4FN3O3S.C2H6OS/c7-3-1-2-4(14(8,11)12)6-5(3)9-13-10-6;3-1-2-4/h1-2H,(H2,8,11,12);3-4H,1-2H2. The van der Waals surface area contributed by atoms with Crippen LogP contribution in [0.5, 0.6) is 0 Å². The fourth-order valence-electron chi connectivity index (χ4n) is 1.04. The van der Waals surface area contributed by atoms with E-state index in [1.54, 1.807) is 0 Å². The fraction of sp³-hybridized carbons (Fsp3) is 0.250. The Labute approximate surface area is 107 Å². The second kappa shape index (κ2) is 6.09. The Bertz CT molecular complexity index is 626. The quantitative estimate of drug-likeness (QED) is 0.667. The Hall–Kier alpha value is -1.23. The highest BCUT2D eigenvalue weighted by Crippen LogP contribution is 2.20. The van der Waals surface area contributed by atoms with Crippen molar-refractivity contribution in [3.63, 3.8) is 0 Å². The van der Waals surface area contributed by atoms with Crippen molar-refractivity contribution in [3.05, 3.63) is 17.9 Å². The van der Waals surface area contributed by atoms with Gasteiger partial charge in [0.15, 0.2) is 16.9 Å². The van der Waals surface area contributed by atoms with Crippen LogP contribution in [0, 0.1) is 5.82 Å². The molecule has 1 aromatic heterocycles. The molecule has 0 radical (unpaired) electrons. The Kier molecular flexibility index (Phi) is 5.02. The number of nitrogens with zero attached hydrogens (tertiary/aromatic N) is 2. The van der Waals surface area contributed by atoms with Gasteiger partial charge >= 0.3 is 0 Å². The zero-order chi connectivity index (χ0) is 13.8. The van der Waals surface area contributed by atoms with Crippen molar-refractivity contribution in [1.29, 1.82) is 0 Å². The van der Waals surface area contributed by atoms with Gasteiger partial charge in [-0.05, 0) is 22.4 Å². The van der Waals surface area contributed by atoms with E-state index in [2.05, 4.69) is 27.6 Å². The lowest BCUT2D eigenvalue weighted by Gasteiger charge is -1.96. The van der Waals surface area contributed by atoms with Crippen LogP contribution in [0.25, 0.3) is 11.0 Å². The molecule has 0 unspecified atom stereocenters. The average Bonchev–Trinajstić information content (AvgIpc) is 2.78. The Morgan fingerprint density at radius 1 is 1.39 bits per heavy atom. The number of fused-ring (bicyclic) bond motifs is 1. The van der Waals surface area contributed by atoms with E-state index < -0.39 is 15.8 Å². The van der Waals surface area contributed by atoms with E-state index in [1.165, 1.54) is 0 Å². The highest BCUT2D eigenvalue weighted by atomic mass is 32.2. The van der Waals surface area contributed by atoms with Crippen LogP contribution < -0.4 is 5.14 Å². The van der Waals surface area contributed by atoms with Gasteiger partial charge in [0, 0.05) is 5.75 Å². The first kappa shape index (κ1) is 14.8. The van der Waals surface area contributed by atoms with Gasteiger partial charge in [-0.15, -0.1) is 0 Å². The molecule has 0 bridgehead atoms. The molecule has 18 heavy (non-hydrogen) atoms. The number of halogens is 1. The molecule has 0 spiro atoms. The third-order valence-corrected chi connectivity index (χ3v) is 2.88. The summed E-state index contributed by atoms with van der Waals surface area (Å²) in [5.74, 6) is -0.145. The summed E-state index contributed by atoms with van der Waals surface area (Å²) in [5, 5.41) is 19.1. The van der Waals surface area contributed by atoms with E-state index in [9.17, 15) is 12.8 Å². The molecular formula is C8H10FN3O4S2. The number of benzene rings is 1. The van der Waals surface area contributed by atoms with Crippen molar-refractivity contribution in [2.24, 2.45) is 5.14 Å². The number of aliphatic hydroxyl groups excluding tert-OH is 1. The summed E-state index contributed by atoms with van der Waals surface area (Å²) in [6, 6.07) is 1.95. The van der Waals surface area contributed by atoms with Crippen molar-refractivity contribution < 1.29 is 22.5 Å². The van der Waals surface area contributed by atoms with Gasteiger partial charge < -0.3 is 5.11 Å². The number of primary sulfonamides is 1. The molecule has 0 atom stereocenters. The van der Waals surface area contributed by atoms with Gasteiger partial charge in [0.2, 0.25) is 10.0 Å². The van der Waals surface area contributed by atoms with Crippen LogP contribution in [-0.2, 0) is 10.0 Å². The van der Waals surface area contributed by atoms with Crippen molar-refractivity contribution >= 4 is 33.7 Å². The molecule has 0 aliphatic rings. The van der Waals surface area contributed by atoms with E-state index in [0.717, 1.165) is 12.1 Å². The summed E-state index contributed by atoms with van der Waals surface area (Å²) in [4.78, 5) is -0.310. The first-order valence-corrected chi connectivity index (χ1v) is 6.75. The van der Waals surface area contributed by atoms with Crippen LogP contribution in [0.3, 0.4) is 0 Å². The molecule has 7 nitrogen and oxygen atoms in total. The number of sulfonamides is 1. The maximum atomic E-state index is 13.0. The summed E-state index contributed by atoms with van der Waals surface area (Å²) in [5.41, 5.74) is -0.455. The normalized spacial score (nSPS) is 11.1. The average molecular weight is 295 g/mol. The third-order valence-electron chi connectivity index (χ3n) is 1.74. The summed E-state index contributed by atoms with van der Waals surface area (Å²) in [6.45, 7) is 0.184. The zero-order valence-electron chi connectivity index (χ0n) is 8.95. The van der Waals surface area contributed by atoms with Gasteiger partial charge in [0.25, 0.3) is 0 Å². The fourth-order valence-corrected chi connectivity index (χ4v) is 1.70. The van der Waals surface area contributed by atoms with Crippen molar-refractivity contribution in [2.45, 2.75) is 4.90 Å². The van der Waals surface area contributed by atoms with Crippen LogP contribution in [-0.4, -0.2) is 36.2 Å². The maximum Gasteiger partial charge on any atom is 0.240 e. The third kappa shape index (κ3) is 3.38. The predicted molar refractivity (Wildman–Crippen MR) is 64.1 cm³/mol. The van der Waals surface area contributed by atoms with E-state index in [4.69, 9.17) is 10.2 Å². The van der Waals surface area contributed by atoms with E-state index in [-0.39, 0.29) is 22.5 Å². The van der Waals surface area contributed by atoms with Gasteiger partial charge in [-0.1, -0.05) is 0 Å².